The maximum Gasteiger partial charge on any atom is 0.326 e. The quantitative estimate of drug-likeness (QED) is 0.399. The first-order valence-corrected chi connectivity index (χ1v) is 10.8. The molecule has 0 radical (unpaired) electrons. The molecule has 0 aliphatic carbocycles. The molecule has 9 heteroatoms. The number of fused-ring (bicyclic) bond motifs is 1. The Bertz CT molecular complexity index is 1180. The van der Waals surface area contributed by atoms with Crippen LogP contribution < -0.4 is 4.90 Å². The predicted molar refractivity (Wildman–Crippen MR) is 122 cm³/mol. The highest BCUT2D eigenvalue weighted by Crippen LogP contribution is 2.29. The summed E-state index contributed by atoms with van der Waals surface area (Å²) >= 11 is 6.09. The van der Waals surface area contributed by atoms with E-state index < -0.39 is 23.8 Å². The molecule has 33 heavy (non-hydrogen) atoms. The van der Waals surface area contributed by atoms with E-state index in [4.69, 9.17) is 11.6 Å². The van der Waals surface area contributed by atoms with E-state index in [0.717, 1.165) is 10.5 Å². The first-order chi connectivity index (χ1) is 15.9. The number of aromatic nitrogens is 2. The zero-order valence-electron chi connectivity index (χ0n) is 17.8. The zero-order chi connectivity index (χ0) is 23.5. The van der Waals surface area contributed by atoms with E-state index in [1.165, 1.54) is 6.20 Å². The molecule has 1 aromatic heterocycles. The van der Waals surface area contributed by atoms with Gasteiger partial charge in [-0.2, -0.15) is 0 Å². The van der Waals surface area contributed by atoms with Gasteiger partial charge in [-0.15, -0.1) is 0 Å². The third-order valence-corrected chi connectivity index (χ3v) is 5.72. The molecule has 1 aliphatic heterocycles. The number of hydrogen-bond acceptors (Lipinski definition) is 6. The summed E-state index contributed by atoms with van der Waals surface area (Å²) in [5.41, 5.74) is 1.96. The zero-order valence-corrected chi connectivity index (χ0v) is 18.6. The Kier molecular flexibility index (Phi) is 6.37. The van der Waals surface area contributed by atoms with E-state index in [-0.39, 0.29) is 24.2 Å². The van der Waals surface area contributed by atoms with Crippen LogP contribution in [0.15, 0.2) is 60.8 Å². The Labute approximate surface area is 195 Å². The third-order valence-electron chi connectivity index (χ3n) is 5.53. The second kappa shape index (κ2) is 9.38. The molecule has 8 nitrogen and oxygen atoms in total. The molecule has 1 N–H and O–H groups in total. The maximum atomic E-state index is 12.9. The van der Waals surface area contributed by atoms with Gasteiger partial charge in [0.1, 0.15) is 11.9 Å². The molecule has 1 unspecified atom stereocenters. The summed E-state index contributed by atoms with van der Waals surface area (Å²) in [7, 11) is 0. The average Bonchev–Trinajstić information content (AvgIpc) is 3.05. The summed E-state index contributed by atoms with van der Waals surface area (Å²) in [6, 6.07) is 15.1. The van der Waals surface area contributed by atoms with Gasteiger partial charge in [0.25, 0.3) is 11.8 Å². The standard InChI is InChI=1S/C24H21ClN4O4/c1-2-19(23(32)33)28(13-15-8-4-3-5-9-15)20-16(12-26-24(25)27-20)14-29-21(30)17-10-6-7-11-18(17)22(29)31/h3-12,19H,2,13-14H2,1H3,(H,32,33). The number of rotatable bonds is 8. The van der Waals surface area contributed by atoms with Crippen molar-refractivity contribution in [3.8, 4) is 0 Å². The molecule has 2 heterocycles. The molecular weight excluding hydrogens is 444 g/mol. The highest BCUT2D eigenvalue weighted by atomic mass is 35.5. The van der Waals surface area contributed by atoms with Crippen LogP contribution in [0.25, 0.3) is 0 Å². The van der Waals surface area contributed by atoms with Gasteiger partial charge in [0.15, 0.2) is 0 Å². The van der Waals surface area contributed by atoms with Crippen molar-refractivity contribution in [3.63, 3.8) is 0 Å². The van der Waals surface area contributed by atoms with Crippen molar-refractivity contribution in [2.75, 3.05) is 4.90 Å². The lowest BCUT2D eigenvalue weighted by atomic mass is 10.1. The second-order valence-corrected chi connectivity index (χ2v) is 7.94. The Hall–Kier alpha value is -3.78. The van der Waals surface area contributed by atoms with Crippen LogP contribution in [0.1, 0.15) is 45.2 Å². The van der Waals surface area contributed by atoms with Gasteiger partial charge in [-0.1, -0.05) is 49.4 Å². The smallest absolute Gasteiger partial charge is 0.326 e. The number of halogens is 1. The summed E-state index contributed by atoms with van der Waals surface area (Å²) in [6.07, 6.45) is 1.73. The van der Waals surface area contributed by atoms with Crippen molar-refractivity contribution < 1.29 is 19.5 Å². The molecule has 168 valence electrons. The van der Waals surface area contributed by atoms with Crippen LogP contribution >= 0.6 is 11.6 Å². The Morgan fingerprint density at radius 2 is 1.67 bits per heavy atom. The van der Waals surface area contributed by atoms with Crippen molar-refractivity contribution in [2.45, 2.75) is 32.5 Å². The number of carbonyl (C=O) groups is 3. The van der Waals surface area contributed by atoms with Crippen LogP contribution in [0.5, 0.6) is 0 Å². The van der Waals surface area contributed by atoms with Crippen molar-refractivity contribution >= 4 is 35.2 Å². The number of aliphatic carboxylic acids is 1. The number of hydrogen-bond donors (Lipinski definition) is 1. The molecule has 1 aliphatic rings. The molecule has 1 atom stereocenters. The van der Waals surface area contributed by atoms with Gasteiger partial charge in [0, 0.05) is 18.3 Å². The maximum absolute atomic E-state index is 12.9. The Morgan fingerprint density at radius 3 is 2.24 bits per heavy atom. The molecule has 0 saturated carbocycles. The molecule has 0 saturated heterocycles. The molecule has 3 aromatic rings. The van der Waals surface area contributed by atoms with Gasteiger partial charge >= 0.3 is 5.97 Å². The van der Waals surface area contributed by atoms with Crippen LogP contribution in [-0.4, -0.2) is 43.8 Å². The van der Waals surface area contributed by atoms with E-state index >= 15 is 0 Å². The minimum Gasteiger partial charge on any atom is -0.480 e. The molecule has 4 rings (SSSR count). The first kappa shape index (κ1) is 22.4. The van der Waals surface area contributed by atoms with Gasteiger partial charge in [0.05, 0.1) is 17.7 Å². The SMILES string of the molecule is CCC(C(=O)O)N(Cc1ccccc1)c1nc(Cl)ncc1CN1C(=O)c2ccccc2C1=O. The van der Waals surface area contributed by atoms with Gasteiger partial charge in [-0.05, 0) is 35.7 Å². The van der Waals surface area contributed by atoms with Crippen molar-refractivity contribution in [3.05, 3.63) is 88.3 Å². The number of anilines is 1. The minimum atomic E-state index is -1.02. The summed E-state index contributed by atoms with van der Waals surface area (Å²) < 4.78 is 0. The molecule has 2 amide bonds. The van der Waals surface area contributed by atoms with Gasteiger partial charge < -0.3 is 10.0 Å². The Balaban J connectivity index is 1.75. The highest BCUT2D eigenvalue weighted by Gasteiger charge is 2.36. The van der Waals surface area contributed by atoms with E-state index in [2.05, 4.69) is 9.97 Å². The average molecular weight is 465 g/mol. The largest absolute Gasteiger partial charge is 0.480 e. The number of carboxylic acids is 1. The number of carboxylic acid groups (broad SMARTS) is 1. The van der Waals surface area contributed by atoms with Crippen LogP contribution in [0.2, 0.25) is 5.28 Å². The molecular formula is C24H21ClN4O4. The minimum absolute atomic E-state index is 0.0607. The number of nitrogens with zero attached hydrogens (tertiary/aromatic N) is 4. The number of benzene rings is 2. The summed E-state index contributed by atoms with van der Waals surface area (Å²) in [6.45, 7) is 1.90. The highest BCUT2D eigenvalue weighted by molar-refractivity contribution is 6.28. The predicted octanol–water partition coefficient (Wildman–Crippen LogP) is 3.80. The summed E-state index contributed by atoms with van der Waals surface area (Å²) in [5.74, 6) is -1.59. The number of amides is 2. The van der Waals surface area contributed by atoms with Crippen molar-refractivity contribution in [1.82, 2.24) is 14.9 Å². The monoisotopic (exact) mass is 464 g/mol. The third kappa shape index (κ3) is 4.42. The topological polar surface area (TPSA) is 104 Å². The van der Waals surface area contributed by atoms with Gasteiger partial charge in [-0.3, -0.25) is 14.5 Å². The fourth-order valence-corrected chi connectivity index (χ4v) is 4.06. The van der Waals surface area contributed by atoms with Gasteiger partial charge in [-0.25, -0.2) is 14.8 Å². The van der Waals surface area contributed by atoms with E-state index in [0.29, 0.717) is 23.1 Å². The lowest BCUT2D eigenvalue weighted by Crippen LogP contribution is -2.42. The molecule has 2 aromatic carbocycles. The van der Waals surface area contributed by atoms with Crippen LogP contribution in [0.3, 0.4) is 0 Å². The lowest BCUT2D eigenvalue weighted by Gasteiger charge is -2.31. The normalized spacial score (nSPS) is 13.7. The van der Waals surface area contributed by atoms with E-state index in [9.17, 15) is 19.5 Å². The van der Waals surface area contributed by atoms with Crippen molar-refractivity contribution in [2.24, 2.45) is 0 Å². The van der Waals surface area contributed by atoms with Crippen LogP contribution in [0.4, 0.5) is 5.82 Å². The number of imide groups is 1. The lowest BCUT2D eigenvalue weighted by molar-refractivity contribution is -0.138. The summed E-state index contributed by atoms with van der Waals surface area (Å²) in [4.78, 5) is 49.0. The van der Waals surface area contributed by atoms with Gasteiger partial charge in [0.2, 0.25) is 5.28 Å². The second-order valence-electron chi connectivity index (χ2n) is 7.61. The Morgan fingerprint density at radius 1 is 1.06 bits per heavy atom. The molecule has 0 spiro atoms. The fraction of sp³-hybridized carbons (Fsp3) is 0.208. The van der Waals surface area contributed by atoms with Crippen LogP contribution in [0, 0.1) is 0 Å². The first-order valence-electron chi connectivity index (χ1n) is 10.4. The summed E-state index contributed by atoms with van der Waals surface area (Å²) in [5, 5.41) is 9.83. The van der Waals surface area contributed by atoms with Crippen molar-refractivity contribution in [1.29, 1.82) is 0 Å². The van der Waals surface area contributed by atoms with E-state index in [1.54, 1.807) is 36.1 Å². The fourth-order valence-electron chi connectivity index (χ4n) is 3.93. The van der Waals surface area contributed by atoms with E-state index in [1.807, 2.05) is 30.3 Å². The van der Waals surface area contributed by atoms with Crippen LogP contribution in [-0.2, 0) is 17.9 Å². The molecule has 0 fully saturated rings. The molecule has 0 bridgehead atoms. The number of carbonyl (C=O) groups excluding carboxylic acids is 2.